The summed E-state index contributed by atoms with van der Waals surface area (Å²) >= 11 is 0. The van der Waals surface area contributed by atoms with Gasteiger partial charge in [0, 0.05) is 18.7 Å². The first kappa shape index (κ1) is 20.0. The fourth-order valence-electron chi connectivity index (χ4n) is 3.19. The molecular formula is C20H21FN2O4S. The third-order valence-corrected chi connectivity index (χ3v) is 6.94. The molecule has 8 heteroatoms. The maximum absolute atomic E-state index is 13.1. The third-order valence-electron chi connectivity index (χ3n) is 4.75. The van der Waals surface area contributed by atoms with Crippen molar-refractivity contribution in [3.63, 3.8) is 0 Å². The molecule has 0 bridgehead atoms. The van der Waals surface area contributed by atoms with Gasteiger partial charge in [-0.15, -0.1) is 0 Å². The molecule has 2 amide bonds. The molecule has 0 saturated carbocycles. The Hall–Kier alpha value is -2.74. The summed E-state index contributed by atoms with van der Waals surface area (Å²) in [6, 6.07) is 13.2. The van der Waals surface area contributed by atoms with E-state index in [0.29, 0.717) is 24.9 Å². The number of sulfone groups is 1. The molecule has 0 spiro atoms. The third kappa shape index (κ3) is 4.56. The van der Waals surface area contributed by atoms with E-state index >= 15 is 0 Å². The molecule has 1 aliphatic heterocycles. The average molecular weight is 404 g/mol. The van der Waals surface area contributed by atoms with Gasteiger partial charge < -0.3 is 10.2 Å². The molecule has 1 aliphatic rings. The van der Waals surface area contributed by atoms with Gasteiger partial charge in [0.1, 0.15) is 5.82 Å². The zero-order valence-electron chi connectivity index (χ0n) is 15.2. The maximum atomic E-state index is 13.1. The fourth-order valence-corrected chi connectivity index (χ4v) is 4.95. The molecule has 2 aromatic rings. The van der Waals surface area contributed by atoms with E-state index < -0.39 is 20.9 Å². The standard InChI is InChI=1S/C20H21FN2O4S/c21-16-8-10-17(11-9-16)28(26,27)18-7-4-12-23(14-18)19(24)13-22-20(25)15-5-2-1-3-6-15/h1-3,5-6,8-11,18H,4,7,12-14H2,(H,22,25)/t18-/m0/s1. The van der Waals surface area contributed by atoms with E-state index in [9.17, 15) is 22.4 Å². The summed E-state index contributed by atoms with van der Waals surface area (Å²) in [6.07, 6.45) is 0.976. The number of hydrogen-bond acceptors (Lipinski definition) is 4. The minimum Gasteiger partial charge on any atom is -0.343 e. The Morgan fingerprint density at radius 3 is 2.43 bits per heavy atom. The number of nitrogens with zero attached hydrogens (tertiary/aromatic N) is 1. The molecule has 1 heterocycles. The monoisotopic (exact) mass is 404 g/mol. The van der Waals surface area contributed by atoms with Crippen LogP contribution >= 0.6 is 0 Å². The van der Waals surface area contributed by atoms with Gasteiger partial charge in [-0.1, -0.05) is 18.2 Å². The van der Waals surface area contributed by atoms with Crippen molar-refractivity contribution in [2.45, 2.75) is 23.0 Å². The van der Waals surface area contributed by atoms with Gasteiger partial charge >= 0.3 is 0 Å². The molecule has 1 N–H and O–H groups in total. The quantitative estimate of drug-likeness (QED) is 0.773. The minimum absolute atomic E-state index is 0.0468. The molecule has 6 nitrogen and oxygen atoms in total. The molecule has 1 atom stereocenters. The maximum Gasteiger partial charge on any atom is 0.251 e. The second-order valence-corrected chi connectivity index (χ2v) is 8.88. The van der Waals surface area contributed by atoms with Crippen molar-refractivity contribution in [2.24, 2.45) is 0 Å². The van der Waals surface area contributed by atoms with E-state index in [2.05, 4.69) is 5.32 Å². The highest BCUT2D eigenvalue weighted by Crippen LogP contribution is 2.24. The number of hydrogen-bond donors (Lipinski definition) is 1. The number of carbonyl (C=O) groups excluding carboxylic acids is 2. The number of likely N-dealkylation sites (tertiary alicyclic amines) is 1. The number of carbonyl (C=O) groups is 2. The van der Waals surface area contributed by atoms with E-state index in [1.165, 1.54) is 17.0 Å². The van der Waals surface area contributed by atoms with Gasteiger partial charge in [-0.2, -0.15) is 0 Å². The lowest BCUT2D eigenvalue weighted by Gasteiger charge is -2.32. The summed E-state index contributed by atoms with van der Waals surface area (Å²) in [5, 5.41) is 1.82. The van der Waals surface area contributed by atoms with Gasteiger partial charge in [0.25, 0.3) is 5.91 Å². The summed E-state index contributed by atoms with van der Waals surface area (Å²) in [7, 11) is -3.67. The van der Waals surface area contributed by atoms with Gasteiger partial charge in [-0.3, -0.25) is 9.59 Å². The average Bonchev–Trinajstić information content (AvgIpc) is 2.72. The number of benzene rings is 2. The highest BCUT2D eigenvalue weighted by Gasteiger charge is 2.33. The van der Waals surface area contributed by atoms with Crippen LogP contribution < -0.4 is 5.32 Å². The van der Waals surface area contributed by atoms with Crippen molar-refractivity contribution in [2.75, 3.05) is 19.6 Å². The highest BCUT2D eigenvalue weighted by atomic mass is 32.2. The van der Waals surface area contributed by atoms with Crippen molar-refractivity contribution in [3.05, 3.63) is 66.0 Å². The predicted molar refractivity (Wildman–Crippen MR) is 102 cm³/mol. The SMILES string of the molecule is O=C(NCC(=O)N1CCC[C@H](S(=O)(=O)c2ccc(F)cc2)C1)c1ccccc1. The van der Waals surface area contributed by atoms with Crippen molar-refractivity contribution in [3.8, 4) is 0 Å². The van der Waals surface area contributed by atoms with Crippen LogP contribution in [0.15, 0.2) is 59.5 Å². The summed E-state index contributed by atoms with van der Waals surface area (Å²) in [4.78, 5) is 26.0. The van der Waals surface area contributed by atoms with Crippen molar-refractivity contribution in [1.29, 1.82) is 0 Å². The van der Waals surface area contributed by atoms with Crippen LogP contribution in [0.3, 0.4) is 0 Å². The van der Waals surface area contributed by atoms with E-state index in [1.807, 2.05) is 0 Å². The smallest absolute Gasteiger partial charge is 0.251 e. The van der Waals surface area contributed by atoms with Crippen LogP contribution in [0.1, 0.15) is 23.2 Å². The lowest BCUT2D eigenvalue weighted by Crippen LogP contribution is -2.48. The fraction of sp³-hybridized carbons (Fsp3) is 0.300. The van der Waals surface area contributed by atoms with Gasteiger partial charge in [-0.05, 0) is 49.2 Å². The molecule has 28 heavy (non-hydrogen) atoms. The number of rotatable bonds is 5. The van der Waals surface area contributed by atoms with Crippen LogP contribution in [0.2, 0.25) is 0 Å². The molecular weight excluding hydrogens is 383 g/mol. The molecule has 3 rings (SSSR count). The molecule has 0 radical (unpaired) electrons. The zero-order valence-corrected chi connectivity index (χ0v) is 16.0. The van der Waals surface area contributed by atoms with Crippen LogP contribution in [0.5, 0.6) is 0 Å². The summed E-state index contributed by atoms with van der Waals surface area (Å²) in [5.74, 6) is -1.20. The Labute approximate surface area is 163 Å². The summed E-state index contributed by atoms with van der Waals surface area (Å²) in [5.41, 5.74) is 0.450. The van der Waals surface area contributed by atoms with E-state index in [1.54, 1.807) is 30.3 Å². The normalized spacial score (nSPS) is 17.2. The lowest BCUT2D eigenvalue weighted by molar-refractivity contribution is -0.130. The Balaban J connectivity index is 1.61. The Bertz CT molecular complexity index is 946. The van der Waals surface area contributed by atoms with E-state index in [4.69, 9.17) is 0 Å². The van der Waals surface area contributed by atoms with Crippen LogP contribution in [0.4, 0.5) is 4.39 Å². The second-order valence-electron chi connectivity index (χ2n) is 6.65. The highest BCUT2D eigenvalue weighted by molar-refractivity contribution is 7.92. The largest absolute Gasteiger partial charge is 0.343 e. The van der Waals surface area contributed by atoms with Gasteiger partial charge in [0.2, 0.25) is 5.91 Å². The van der Waals surface area contributed by atoms with Crippen molar-refractivity contribution >= 4 is 21.7 Å². The van der Waals surface area contributed by atoms with Gasteiger partial charge in [-0.25, -0.2) is 12.8 Å². The topological polar surface area (TPSA) is 83.6 Å². The van der Waals surface area contributed by atoms with Crippen LogP contribution in [0.25, 0.3) is 0 Å². The minimum atomic E-state index is -3.67. The molecule has 1 saturated heterocycles. The van der Waals surface area contributed by atoms with Crippen molar-refractivity contribution < 1.29 is 22.4 Å². The molecule has 0 unspecified atom stereocenters. The van der Waals surface area contributed by atoms with Crippen LogP contribution in [0, 0.1) is 5.82 Å². The Kier molecular flexibility index (Phi) is 6.08. The molecule has 0 aromatic heterocycles. The Morgan fingerprint density at radius 2 is 1.75 bits per heavy atom. The molecule has 2 aromatic carbocycles. The Morgan fingerprint density at radius 1 is 1.07 bits per heavy atom. The number of amides is 2. The van der Waals surface area contributed by atoms with Crippen LogP contribution in [-0.4, -0.2) is 50.0 Å². The van der Waals surface area contributed by atoms with Gasteiger partial charge in [0.15, 0.2) is 9.84 Å². The van der Waals surface area contributed by atoms with Crippen LogP contribution in [-0.2, 0) is 14.6 Å². The number of halogens is 1. The first-order valence-corrected chi connectivity index (χ1v) is 10.5. The first-order chi connectivity index (χ1) is 13.4. The van der Waals surface area contributed by atoms with E-state index in [0.717, 1.165) is 12.1 Å². The van der Waals surface area contributed by atoms with Gasteiger partial charge in [0.05, 0.1) is 16.7 Å². The number of nitrogens with one attached hydrogen (secondary N) is 1. The summed E-state index contributed by atoms with van der Waals surface area (Å²) < 4.78 is 38.7. The molecule has 1 fully saturated rings. The zero-order chi connectivity index (χ0) is 20.1. The second kappa shape index (κ2) is 8.52. The lowest BCUT2D eigenvalue weighted by atomic mass is 10.1. The first-order valence-electron chi connectivity index (χ1n) is 8.98. The van der Waals surface area contributed by atoms with Crippen molar-refractivity contribution in [1.82, 2.24) is 10.2 Å². The van der Waals surface area contributed by atoms with E-state index in [-0.39, 0.29) is 29.8 Å². The summed E-state index contributed by atoms with van der Waals surface area (Å²) in [6.45, 7) is 0.298. The molecule has 148 valence electrons. The number of piperidine rings is 1. The molecule has 0 aliphatic carbocycles. The predicted octanol–water partition coefficient (Wildman–Crippen LogP) is 2.02.